The Bertz CT molecular complexity index is 346. The first-order chi connectivity index (χ1) is 7.66. The van der Waals surface area contributed by atoms with Crippen molar-refractivity contribution in [1.29, 1.82) is 0 Å². The molecule has 1 atom stereocenters. The van der Waals surface area contributed by atoms with E-state index in [2.05, 4.69) is 27.0 Å². The van der Waals surface area contributed by atoms with Crippen molar-refractivity contribution in [3.63, 3.8) is 0 Å². The second-order valence-electron chi connectivity index (χ2n) is 4.51. The van der Waals surface area contributed by atoms with E-state index in [1.165, 1.54) is 5.56 Å². The molecular formula is C12H18N2OS. The van der Waals surface area contributed by atoms with Crippen LogP contribution in [0.1, 0.15) is 25.3 Å². The van der Waals surface area contributed by atoms with Gasteiger partial charge in [0, 0.05) is 12.6 Å². The lowest BCUT2D eigenvalue weighted by atomic mass is 10.2. The van der Waals surface area contributed by atoms with Crippen molar-refractivity contribution in [2.24, 2.45) is 0 Å². The third kappa shape index (κ3) is 3.06. The lowest BCUT2D eigenvalue weighted by Crippen LogP contribution is -2.43. The molecule has 4 heteroatoms. The van der Waals surface area contributed by atoms with E-state index < -0.39 is 0 Å². The molecule has 0 aliphatic heterocycles. The van der Waals surface area contributed by atoms with Gasteiger partial charge < -0.3 is 5.32 Å². The molecule has 1 saturated carbocycles. The minimum absolute atomic E-state index is 0.0551. The topological polar surface area (TPSA) is 32.3 Å². The van der Waals surface area contributed by atoms with Gasteiger partial charge in [0.1, 0.15) is 0 Å². The van der Waals surface area contributed by atoms with Gasteiger partial charge in [0.25, 0.3) is 0 Å². The molecule has 1 aliphatic carbocycles. The fourth-order valence-corrected chi connectivity index (χ4v) is 2.22. The number of hydrogen-bond acceptors (Lipinski definition) is 3. The van der Waals surface area contributed by atoms with Crippen LogP contribution in [0.15, 0.2) is 16.8 Å². The van der Waals surface area contributed by atoms with Crippen molar-refractivity contribution in [3.05, 3.63) is 22.4 Å². The highest BCUT2D eigenvalue weighted by Crippen LogP contribution is 2.19. The zero-order valence-electron chi connectivity index (χ0n) is 9.77. The Morgan fingerprint density at radius 1 is 1.69 bits per heavy atom. The van der Waals surface area contributed by atoms with E-state index >= 15 is 0 Å². The summed E-state index contributed by atoms with van der Waals surface area (Å²) in [5.41, 5.74) is 1.28. The van der Waals surface area contributed by atoms with Gasteiger partial charge in [0.2, 0.25) is 5.91 Å². The first-order valence-electron chi connectivity index (χ1n) is 5.68. The molecule has 1 fully saturated rings. The standard InChI is InChI=1S/C12H18N2OS/c1-9(12(15)13-11-3-4-11)14(2)7-10-5-6-16-8-10/h5-6,8-9,11H,3-4,7H2,1-2H3,(H,13,15)/t9-/m0/s1. The van der Waals surface area contributed by atoms with E-state index in [-0.39, 0.29) is 11.9 Å². The van der Waals surface area contributed by atoms with Gasteiger partial charge in [0.05, 0.1) is 6.04 Å². The highest BCUT2D eigenvalue weighted by molar-refractivity contribution is 7.07. The second kappa shape index (κ2) is 4.97. The van der Waals surface area contributed by atoms with Crippen LogP contribution in [0.2, 0.25) is 0 Å². The van der Waals surface area contributed by atoms with Gasteiger partial charge in [-0.2, -0.15) is 11.3 Å². The number of nitrogens with one attached hydrogen (secondary N) is 1. The van der Waals surface area contributed by atoms with Crippen molar-refractivity contribution < 1.29 is 4.79 Å². The van der Waals surface area contributed by atoms with Crippen LogP contribution in [-0.2, 0) is 11.3 Å². The Morgan fingerprint density at radius 2 is 2.44 bits per heavy atom. The van der Waals surface area contributed by atoms with E-state index in [1.54, 1.807) is 11.3 Å². The van der Waals surface area contributed by atoms with Gasteiger partial charge in [-0.3, -0.25) is 9.69 Å². The average Bonchev–Trinajstić information content (AvgIpc) is 2.92. The van der Waals surface area contributed by atoms with Crippen LogP contribution in [0.25, 0.3) is 0 Å². The molecule has 16 heavy (non-hydrogen) atoms. The first-order valence-corrected chi connectivity index (χ1v) is 6.63. The van der Waals surface area contributed by atoms with Gasteiger partial charge in [-0.25, -0.2) is 0 Å². The van der Waals surface area contributed by atoms with Crippen LogP contribution in [0, 0.1) is 0 Å². The predicted octanol–water partition coefficient (Wildman–Crippen LogP) is 1.85. The van der Waals surface area contributed by atoms with Crippen molar-refractivity contribution >= 4 is 17.2 Å². The Hall–Kier alpha value is -0.870. The summed E-state index contributed by atoms with van der Waals surface area (Å²) in [6, 6.07) is 2.50. The monoisotopic (exact) mass is 238 g/mol. The zero-order chi connectivity index (χ0) is 11.5. The van der Waals surface area contributed by atoms with Crippen LogP contribution >= 0.6 is 11.3 Å². The van der Waals surface area contributed by atoms with Crippen LogP contribution in [-0.4, -0.2) is 29.9 Å². The highest BCUT2D eigenvalue weighted by Gasteiger charge is 2.27. The molecule has 0 saturated heterocycles. The predicted molar refractivity (Wildman–Crippen MR) is 66.4 cm³/mol. The van der Waals surface area contributed by atoms with Crippen LogP contribution < -0.4 is 5.32 Å². The third-order valence-electron chi connectivity index (χ3n) is 2.98. The summed E-state index contributed by atoms with van der Waals surface area (Å²) >= 11 is 1.70. The molecule has 88 valence electrons. The molecule has 0 aromatic carbocycles. The Labute approximate surface area is 100 Å². The van der Waals surface area contributed by atoms with Gasteiger partial charge >= 0.3 is 0 Å². The molecule has 1 aromatic heterocycles. The molecule has 0 spiro atoms. The molecule has 1 N–H and O–H groups in total. The summed E-state index contributed by atoms with van der Waals surface area (Å²) in [6.07, 6.45) is 2.29. The van der Waals surface area contributed by atoms with Crippen LogP contribution in [0.3, 0.4) is 0 Å². The summed E-state index contributed by atoms with van der Waals surface area (Å²) in [6.45, 7) is 2.80. The second-order valence-corrected chi connectivity index (χ2v) is 5.29. The molecule has 0 bridgehead atoms. The maximum Gasteiger partial charge on any atom is 0.237 e. The largest absolute Gasteiger partial charge is 0.352 e. The molecule has 1 aromatic rings. The number of rotatable bonds is 5. The number of nitrogens with zero attached hydrogens (tertiary/aromatic N) is 1. The summed E-state index contributed by atoms with van der Waals surface area (Å²) in [5, 5.41) is 7.23. The fourth-order valence-electron chi connectivity index (χ4n) is 1.56. The molecule has 3 nitrogen and oxygen atoms in total. The Balaban J connectivity index is 1.82. The Morgan fingerprint density at radius 3 is 3.00 bits per heavy atom. The van der Waals surface area contributed by atoms with E-state index in [0.29, 0.717) is 6.04 Å². The van der Waals surface area contributed by atoms with Crippen molar-refractivity contribution in [2.45, 2.75) is 38.4 Å². The zero-order valence-corrected chi connectivity index (χ0v) is 10.6. The van der Waals surface area contributed by atoms with Crippen LogP contribution in [0.5, 0.6) is 0 Å². The van der Waals surface area contributed by atoms with E-state index in [4.69, 9.17) is 0 Å². The molecule has 0 unspecified atom stereocenters. The quantitative estimate of drug-likeness (QED) is 0.849. The SMILES string of the molecule is C[C@@H](C(=O)NC1CC1)N(C)Cc1ccsc1. The smallest absolute Gasteiger partial charge is 0.237 e. The maximum atomic E-state index is 11.8. The molecule has 1 aliphatic rings. The summed E-state index contributed by atoms with van der Waals surface area (Å²) in [4.78, 5) is 13.9. The summed E-state index contributed by atoms with van der Waals surface area (Å²) in [5.74, 6) is 0.153. The number of amides is 1. The minimum atomic E-state index is -0.0551. The normalized spacial score (nSPS) is 17.4. The Kier molecular flexibility index (Phi) is 3.61. The lowest BCUT2D eigenvalue weighted by Gasteiger charge is -2.23. The summed E-state index contributed by atoms with van der Waals surface area (Å²) in [7, 11) is 1.99. The van der Waals surface area contributed by atoms with Crippen molar-refractivity contribution in [3.8, 4) is 0 Å². The lowest BCUT2D eigenvalue weighted by molar-refractivity contribution is -0.125. The van der Waals surface area contributed by atoms with Gasteiger partial charge in [-0.1, -0.05) is 0 Å². The van der Waals surface area contributed by atoms with Crippen molar-refractivity contribution in [2.75, 3.05) is 7.05 Å². The van der Waals surface area contributed by atoms with Gasteiger partial charge in [-0.05, 0) is 49.2 Å². The number of hydrogen-bond donors (Lipinski definition) is 1. The maximum absolute atomic E-state index is 11.8. The number of thiophene rings is 1. The molecule has 1 heterocycles. The molecule has 2 rings (SSSR count). The van der Waals surface area contributed by atoms with E-state index in [9.17, 15) is 4.79 Å². The molecule has 0 radical (unpaired) electrons. The fraction of sp³-hybridized carbons (Fsp3) is 0.583. The summed E-state index contributed by atoms with van der Waals surface area (Å²) < 4.78 is 0. The number of likely N-dealkylation sites (N-methyl/N-ethyl adjacent to an activating group) is 1. The van der Waals surface area contributed by atoms with E-state index in [0.717, 1.165) is 19.4 Å². The number of carbonyl (C=O) groups excluding carboxylic acids is 1. The van der Waals surface area contributed by atoms with E-state index in [1.807, 2.05) is 14.0 Å². The molecular weight excluding hydrogens is 220 g/mol. The first kappa shape index (κ1) is 11.6. The van der Waals surface area contributed by atoms with Gasteiger partial charge in [-0.15, -0.1) is 0 Å². The third-order valence-corrected chi connectivity index (χ3v) is 3.71. The van der Waals surface area contributed by atoms with Crippen molar-refractivity contribution in [1.82, 2.24) is 10.2 Å². The van der Waals surface area contributed by atoms with Gasteiger partial charge in [0.15, 0.2) is 0 Å². The minimum Gasteiger partial charge on any atom is -0.352 e. The highest BCUT2D eigenvalue weighted by atomic mass is 32.1. The average molecular weight is 238 g/mol. The molecule has 1 amide bonds. The number of carbonyl (C=O) groups is 1. The van der Waals surface area contributed by atoms with Crippen LogP contribution in [0.4, 0.5) is 0 Å².